The standard InChI is InChI=1S/C16H17N5OS/c1-3-21-10-17-20-14(21)11(2)18-15(22)16-19-13(9-23-16)12-7-5-4-6-8-12/h4-11H,3H2,1-2H3,(H,18,22)/t11-/m0/s1. The number of aromatic nitrogens is 4. The lowest BCUT2D eigenvalue weighted by Gasteiger charge is -2.12. The summed E-state index contributed by atoms with van der Waals surface area (Å²) >= 11 is 1.34. The molecule has 0 fully saturated rings. The van der Waals surface area contributed by atoms with E-state index in [1.807, 2.05) is 54.1 Å². The van der Waals surface area contributed by atoms with Crippen LogP contribution in [0.3, 0.4) is 0 Å². The van der Waals surface area contributed by atoms with E-state index in [1.54, 1.807) is 6.33 Å². The number of hydrogen-bond acceptors (Lipinski definition) is 5. The van der Waals surface area contributed by atoms with Crippen molar-refractivity contribution in [2.45, 2.75) is 26.4 Å². The second-order valence-electron chi connectivity index (χ2n) is 5.07. The van der Waals surface area contributed by atoms with Crippen LogP contribution in [0.25, 0.3) is 11.3 Å². The Bertz CT molecular complexity index is 796. The molecular formula is C16H17N5OS. The first-order valence-electron chi connectivity index (χ1n) is 7.38. The van der Waals surface area contributed by atoms with E-state index in [0.717, 1.165) is 23.6 Å². The van der Waals surface area contributed by atoms with Crippen molar-refractivity contribution in [3.05, 3.63) is 52.9 Å². The molecular weight excluding hydrogens is 310 g/mol. The van der Waals surface area contributed by atoms with Crippen LogP contribution >= 0.6 is 11.3 Å². The fraction of sp³-hybridized carbons (Fsp3) is 0.250. The predicted octanol–water partition coefficient (Wildman–Crippen LogP) is 2.91. The zero-order chi connectivity index (χ0) is 16.2. The number of aryl methyl sites for hydroxylation is 1. The second kappa shape index (κ2) is 6.70. The predicted molar refractivity (Wildman–Crippen MR) is 89.1 cm³/mol. The number of benzene rings is 1. The van der Waals surface area contributed by atoms with Gasteiger partial charge in [-0.05, 0) is 13.8 Å². The molecule has 1 N–H and O–H groups in total. The first-order valence-corrected chi connectivity index (χ1v) is 8.26. The van der Waals surface area contributed by atoms with Crippen LogP contribution in [0.2, 0.25) is 0 Å². The third-order valence-electron chi connectivity index (χ3n) is 3.49. The van der Waals surface area contributed by atoms with Crippen LogP contribution in [0.1, 0.15) is 35.5 Å². The maximum Gasteiger partial charge on any atom is 0.280 e. The second-order valence-corrected chi connectivity index (χ2v) is 5.93. The van der Waals surface area contributed by atoms with Gasteiger partial charge in [-0.25, -0.2) is 4.98 Å². The van der Waals surface area contributed by atoms with E-state index in [9.17, 15) is 4.79 Å². The van der Waals surface area contributed by atoms with Crippen molar-refractivity contribution >= 4 is 17.2 Å². The minimum atomic E-state index is -0.228. The first-order chi connectivity index (χ1) is 11.2. The Hall–Kier alpha value is -2.54. The smallest absolute Gasteiger partial charge is 0.280 e. The number of rotatable bonds is 5. The van der Waals surface area contributed by atoms with Gasteiger partial charge < -0.3 is 9.88 Å². The lowest BCUT2D eigenvalue weighted by Crippen LogP contribution is -2.28. The fourth-order valence-corrected chi connectivity index (χ4v) is 3.01. The molecule has 0 bridgehead atoms. The minimum Gasteiger partial charge on any atom is -0.340 e. The Morgan fingerprint density at radius 3 is 2.87 bits per heavy atom. The highest BCUT2D eigenvalue weighted by atomic mass is 32.1. The third kappa shape index (κ3) is 3.29. The van der Waals surface area contributed by atoms with E-state index in [4.69, 9.17) is 0 Å². The molecule has 118 valence electrons. The van der Waals surface area contributed by atoms with Gasteiger partial charge in [0.25, 0.3) is 5.91 Å². The van der Waals surface area contributed by atoms with Crippen LogP contribution in [0.5, 0.6) is 0 Å². The van der Waals surface area contributed by atoms with Gasteiger partial charge in [0.05, 0.1) is 11.7 Å². The molecule has 1 atom stereocenters. The van der Waals surface area contributed by atoms with Gasteiger partial charge in [-0.2, -0.15) is 0 Å². The van der Waals surface area contributed by atoms with Crippen molar-refractivity contribution in [2.75, 3.05) is 0 Å². The molecule has 0 saturated carbocycles. The Morgan fingerprint density at radius 1 is 1.35 bits per heavy atom. The van der Waals surface area contributed by atoms with Gasteiger partial charge in [0, 0.05) is 17.5 Å². The summed E-state index contributed by atoms with van der Waals surface area (Å²) in [6.07, 6.45) is 1.66. The molecule has 0 unspecified atom stereocenters. The number of carbonyl (C=O) groups excluding carboxylic acids is 1. The number of nitrogens with one attached hydrogen (secondary N) is 1. The van der Waals surface area contributed by atoms with Crippen LogP contribution in [0.15, 0.2) is 42.0 Å². The average Bonchev–Trinajstić information content (AvgIpc) is 3.24. The van der Waals surface area contributed by atoms with Crippen LogP contribution < -0.4 is 5.32 Å². The molecule has 2 aromatic heterocycles. The molecule has 23 heavy (non-hydrogen) atoms. The summed E-state index contributed by atoms with van der Waals surface area (Å²) in [4.78, 5) is 16.8. The van der Waals surface area contributed by atoms with Gasteiger partial charge in [0.1, 0.15) is 6.33 Å². The van der Waals surface area contributed by atoms with Crippen LogP contribution in [0, 0.1) is 0 Å². The molecule has 0 radical (unpaired) electrons. The molecule has 1 amide bonds. The summed E-state index contributed by atoms with van der Waals surface area (Å²) in [7, 11) is 0. The summed E-state index contributed by atoms with van der Waals surface area (Å²) in [6.45, 7) is 4.66. The highest BCUT2D eigenvalue weighted by Crippen LogP contribution is 2.22. The molecule has 7 heteroatoms. The van der Waals surface area contributed by atoms with Gasteiger partial charge in [-0.1, -0.05) is 30.3 Å². The monoisotopic (exact) mass is 327 g/mol. The Labute approximate surface area is 138 Å². The van der Waals surface area contributed by atoms with Crippen molar-refractivity contribution in [1.82, 2.24) is 25.1 Å². The number of hydrogen-bond donors (Lipinski definition) is 1. The molecule has 3 rings (SSSR count). The molecule has 0 spiro atoms. The van der Waals surface area contributed by atoms with Crippen molar-refractivity contribution in [1.29, 1.82) is 0 Å². The number of nitrogens with zero attached hydrogens (tertiary/aromatic N) is 4. The van der Waals surface area contributed by atoms with Gasteiger partial charge in [0.15, 0.2) is 10.8 Å². The molecule has 6 nitrogen and oxygen atoms in total. The normalized spacial score (nSPS) is 12.1. The SMILES string of the molecule is CCn1cnnc1[C@H](C)NC(=O)c1nc(-c2ccccc2)cs1. The van der Waals surface area contributed by atoms with E-state index in [2.05, 4.69) is 20.5 Å². The largest absolute Gasteiger partial charge is 0.340 e. The highest BCUT2D eigenvalue weighted by Gasteiger charge is 2.18. The van der Waals surface area contributed by atoms with E-state index < -0.39 is 0 Å². The van der Waals surface area contributed by atoms with Gasteiger partial charge >= 0.3 is 0 Å². The molecule has 0 aliphatic heterocycles. The van der Waals surface area contributed by atoms with E-state index in [1.165, 1.54) is 11.3 Å². The van der Waals surface area contributed by atoms with Crippen LogP contribution in [0.4, 0.5) is 0 Å². The summed E-state index contributed by atoms with van der Waals surface area (Å²) in [5, 5.41) is 13.2. The zero-order valence-electron chi connectivity index (χ0n) is 12.9. The lowest BCUT2D eigenvalue weighted by molar-refractivity contribution is 0.0937. The van der Waals surface area contributed by atoms with Crippen molar-refractivity contribution in [3.8, 4) is 11.3 Å². The maximum absolute atomic E-state index is 12.4. The van der Waals surface area contributed by atoms with Crippen molar-refractivity contribution in [2.24, 2.45) is 0 Å². The highest BCUT2D eigenvalue weighted by molar-refractivity contribution is 7.12. The van der Waals surface area contributed by atoms with E-state index in [0.29, 0.717) is 5.01 Å². The topological polar surface area (TPSA) is 72.7 Å². The summed E-state index contributed by atoms with van der Waals surface area (Å²) < 4.78 is 1.90. The van der Waals surface area contributed by atoms with Gasteiger partial charge in [0.2, 0.25) is 0 Å². The summed E-state index contributed by atoms with van der Waals surface area (Å²) in [5.41, 5.74) is 1.81. The molecule has 0 saturated heterocycles. The van der Waals surface area contributed by atoms with Crippen LogP contribution in [-0.4, -0.2) is 25.7 Å². The molecule has 3 aromatic rings. The molecule has 1 aromatic carbocycles. The number of thiazole rings is 1. The Kier molecular flexibility index (Phi) is 4.47. The Balaban J connectivity index is 1.73. The minimum absolute atomic E-state index is 0.199. The van der Waals surface area contributed by atoms with Crippen molar-refractivity contribution < 1.29 is 4.79 Å². The summed E-state index contributed by atoms with van der Waals surface area (Å²) in [6, 6.07) is 9.58. The molecule has 0 aliphatic rings. The average molecular weight is 327 g/mol. The summed E-state index contributed by atoms with van der Waals surface area (Å²) in [5.74, 6) is 0.538. The maximum atomic E-state index is 12.4. The number of amides is 1. The van der Waals surface area contributed by atoms with Gasteiger partial charge in [-0.3, -0.25) is 4.79 Å². The quantitative estimate of drug-likeness (QED) is 0.782. The van der Waals surface area contributed by atoms with E-state index >= 15 is 0 Å². The zero-order valence-corrected chi connectivity index (χ0v) is 13.7. The lowest BCUT2D eigenvalue weighted by atomic mass is 10.2. The van der Waals surface area contributed by atoms with Crippen molar-refractivity contribution in [3.63, 3.8) is 0 Å². The fourth-order valence-electron chi connectivity index (χ4n) is 2.29. The molecule has 0 aliphatic carbocycles. The van der Waals surface area contributed by atoms with E-state index in [-0.39, 0.29) is 11.9 Å². The Morgan fingerprint density at radius 2 is 2.13 bits per heavy atom. The van der Waals surface area contributed by atoms with Crippen LogP contribution in [-0.2, 0) is 6.54 Å². The first kappa shape index (κ1) is 15.4. The third-order valence-corrected chi connectivity index (χ3v) is 4.33. The number of carbonyl (C=O) groups is 1. The molecule has 2 heterocycles. The van der Waals surface area contributed by atoms with Gasteiger partial charge in [-0.15, -0.1) is 21.5 Å².